The van der Waals surface area contributed by atoms with E-state index in [4.69, 9.17) is 0 Å². The second-order valence-electron chi connectivity index (χ2n) is 3.54. The van der Waals surface area contributed by atoms with Crippen LogP contribution in [0.1, 0.15) is 0 Å². The Bertz CT molecular complexity index is 201. The van der Waals surface area contributed by atoms with E-state index in [0.717, 1.165) is 0 Å². The molecule has 1 aromatic rings. The molecule has 1 rings (SSSR count). The van der Waals surface area contributed by atoms with Crippen molar-refractivity contribution in [2.24, 2.45) is 0 Å². The van der Waals surface area contributed by atoms with Gasteiger partial charge in [-0.1, -0.05) is 19.6 Å². The molecule has 0 heterocycles. The molecular weight excluding hydrogens is 191 g/mol. The average Bonchev–Trinajstić information content (AvgIpc) is 1.88. The van der Waals surface area contributed by atoms with E-state index in [1.165, 1.54) is 5.19 Å². The summed E-state index contributed by atoms with van der Waals surface area (Å²) in [6, 6.07) is 11.4. The molecule has 0 bridgehead atoms. The summed E-state index contributed by atoms with van der Waals surface area (Å²) in [4.78, 5) is 0. The van der Waals surface area contributed by atoms with Gasteiger partial charge in [-0.25, -0.2) is 0 Å². The van der Waals surface area contributed by atoms with Crippen LogP contribution in [0.3, 0.4) is 0 Å². The maximum absolute atomic E-state index is 3.10. The molecule has 0 unspecified atom stereocenters. The zero-order valence-corrected chi connectivity index (χ0v) is 9.37. The van der Waals surface area contributed by atoms with Gasteiger partial charge in [-0.3, -0.25) is 0 Å². The van der Waals surface area contributed by atoms with Crippen molar-refractivity contribution >= 4 is 13.3 Å². The van der Waals surface area contributed by atoms with Crippen molar-refractivity contribution in [1.82, 2.24) is 0 Å². The Morgan fingerprint density at radius 1 is 1.27 bits per heavy atom. The second kappa shape index (κ2) is 4.10. The predicted molar refractivity (Wildman–Crippen MR) is 48.3 cm³/mol. The van der Waals surface area contributed by atoms with Gasteiger partial charge in [0.2, 0.25) is 0 Å². The molecule has 2 heteroatoms. The molecule has 0 fully saturated rings. The smallest absolute Gasteiger partial charge is 0.0147 e. The minimum absolute atomic E-state index is 0. The van der Waals surface area contributed by atoms with Crippen LogP contribution in [-0.4, -0.2) is 8.07 Å². The molecule has 0 spiro atoms. The Balaban J connectivity index is 0.000001000. The van der Waals surface area contributed by atoms with E-state index in [2.05, 4.69) is 43.9 Å². The first-order chi connectivity index (χ1) is 4.61. The zero-order valence-electron chi connectivity index (χ0n) is 7.19. The summed E-state index contributed by atoms with van der Waals surface area (Å²) in [6.45, 7) is 7.03. The molecule has 0 aliphatic heterocycles. The average molecular weight is 204 g/mol. The third-order valence-corrected chi connectivity index (χ3v) is 3.62. The largest absolute Gasteiger partial charge is 0.184 e. The summed E-state index contributed by atoms with van der Waals surface area (Å²) in [6.07, 6.45) is 0. The van der Waals surface area contributed by atoms with Gasteiger partial charge in [-0.2, -0.15) is 35.5 Å². The predicted octanol–water partition coefficient (Wildman–Crippen LogP) is 2.03. The van der Waals surface area contributed by atoms with Crippen LogP contribution >= 0.6 is 0 Å². The number of rotatable bonds is 1. The summed E-state index contributed by atoms with van der Waals surface area (Å²) >= 11 is 0. The van der Waals surface area contributed by atoms with Gasteiger partial charge in [0.1, 0.15) is 0 Å². The Labute approximate surface area is 80.5 Å². The molecule has 0 saturated carbocycles. The Morgan fingerprint density at radius 2 is 1.91 bits per heavy atom. The summed E-state index contributed by atoms with van der Waals surface area (Å²) in [7, 11) is -1.06. The summed E-state index contributed by atoms with van der Waals surface area (Å²) < 4.78 is 0. The van der Waals surface area contributed by atoms with Crippen molar-refractivity contribution < 1.29 is 17.1 Å². The molecule has 0 saturated heterocycles. The number of hydrogen-bond acceptors (Lipinski definition) is 0. The fraction of sp³-hybridized carbons (Fsp3) is 0.333. The normalized spacial score (nSPS) is 10.5. The van der Waals surface area contributed by atoms with Crippen LogP contribution in [0.5, 0.6) is 0 Å². The maximum atomic E-state index is 3.10. The van der Waals surface area contributed by atoms with Crippen molar-refractivity contribution in [1.29, 1.82) is 0 Å². The number of hydrogen-bond donors (Lipinski definition) is 0. The summed E-state index contributed by atoms with van der Waals surface area (Å²) in [5.41, 5.74) is 0. The van der Waals surface area contributed by atoms with Crippen LogP contribution in [-0.2, 0) is 17.1 Å². The zero-order chi connectivity index (χ0) is 7.61. The molecule has 0 nitrogen and oxygen atoms in total. The molecule has 61 valence electrons. The van der Waals surface area contributed by atoms with Crippen LogP contribution < -0.4 is 5.19 Å². The van der Waals surface area contributed by atoms with Gasteiger partial charge in [0.05, 0.1) is 0 Å². The van der Waals surface area contributed by atoms with E-state index in [-0.39, 0.29) is 17.1 Å². The molecule has 0 amide bonds. The van der Waals surface area contributed by atoms with Crippen molar-refractivity contribution in [3.8, 4) is 0 Å². The van der Waals surface area contributed by atoms with Crippen LogP contribution in [0.15, 0.2) is 24.3 Å². The third-order valence-electron chi connectivity index (χ3n) is 1.57. The van der Waals surface area contributed by atoms with Crippen molar-refractivity contribution in [2.75, 3.05) is 0 Å². The van der Waals surface area contributed by atoms with Gasteiger partial charge in [-0.15, -0.1) is 0 Å². The van der Waals surface area contributed by atoms with E-state index < -0.39 is 8.07 Å². The Kier molecular flexibility index (Phi) is 4.08. The van der Waals surface area contributed by atoms with Crippen molar-refractivity contribution in [2.45, 2.75) is 19.6 Å². The molecule has 1 aromatic carbocycles. The topological polar surface area (TPSA) is 0 Å². The molecule has 0 aliphatic carbocycles. The fourth-order valence-electron chi connectivity index (χ4n) is 0.860. The third kappa shape index (κ3) is 3.24. The van der Waals surface area contributed by atoms with Gasteiger partial charge < -0.3 is 0 Å². The van der Waals surface area contributed by atoms with E-state index in [1.807, 2.05) is 6.07 Å². The standard InChI is InChI=1S/C9H13Si.Mn/c1-10(2,3)9-7-5-4-6-8-9;/h4-5,7-8H,1-3H3;/q-1;. The molecular formula is C9H13MnSi-. The van der Waals surface area contributed by atoms with Gasteiger partial charge in [0.15, 0.2) is 0 Å². The number of benzene rings is 1. The van der Waals surface area contributed by atoms with E-state index >= 15 is 0 Å². The van der Waals surface area contributed by atoms with Crippen molar-refractivity contribution in [3.63, 3.8) is 0 Å². The van der Waals surface area contributed by atoms with Crippen LogP contribution in [0, 0.1) is 6.07 Å². The van der Waals surface area contributed by atoms with E-state index in [0.29, 0.717) is 0 Å². The quantitative estimate of drug-likeness (QED) is 0.485. The summed E-state index contributed by atoms with van der Waals surface area (Å²) in [5.74, 6) is 0. The first kappa shape index (κ1) is 11.0. The minimum Gasteiger partial charge on any atom is -0.184 e. The van der Waals surface area contributed by atoms with E-state index in [1.54, 1.807) is 0 Å². The fourth-order valence-corrected chi connectivity index (χ4v) is 1.97. The molecule has 0 N–H and O–H groups in total. The Morgan fingerprint density at radius 3 is 2.18 bits per heavy atom. The summed E-state index contributed by atoms with van der Waals surface area (Å²) in [5, 5.41) is 1.48. The molecule has 1 radical (unpaired) electrons. The van der Waals surface area contributed by atoms with Gasteiger partial charge in [0.25, 0.3) is 0 Å². The maximum Gasteiger partial charge on any atom is 0.0147 e. The van der Waals surface area contributed by atoms with Crippen LogP contribution in [0.25, 0.3) is 0 Å². The van der Waals surface area contributed by atoms with Crippen LogP contribution in [0.2, 0.25) is 19.6 Å². The minimum atomic E-state index is -1.06. The van der Waals surface area contributed by atoms with Gasteiger partial charge in [0, 0.05) is 25.1 Å². The first-order valence-corrected chi connectivity index (χ1v) is 7.07. The Hall–Kier alpha value is -0.0436. The SMILES string of the molecule is C[Si](C)(C)c1c[c-]ccc1.[Mn]. The molecule has 0 aliphatic rings. The molecule has 0 aromatic heterocycles. The van der Waals surface area contributed by atoms with Gasteiger partial charge in [-0.05, 0) is 0 Å². The first-order valence-electron chi connectivity index (χ1n) is 3.57. The molecule has 11 heavy (non-hydrogen) atoms. The van der Waals surface area contributed by atoms with Crippen LogP contribution in [0.4, 0.5) is 0 Å². The van der Waals surface area contributed by atoms with E-state index in [9.17, 15) is 0 Å². The molecule has 0 atom stereocenters. The van der Waals surface area contributed by atoms with Crippen molar-refractivity contribution in [3.05, 3.63) is 30.3 Å². The monoisotopic (exact) mass is 204 g/mol. The van der Waals surface area contributed by atoms with Gasteiger partial charge >= 0.3 is 0 Å². The second-order valence-corrected chi connectivity index (χ2v) is 8.62.